The van der Waals surface area contributed by atoms with Gasteiger partial charge in [-0.05, 0) is 43.3 Å². The lowest BCUT2D eigenvalue weighted by Crippen LogP contribution is -2.17. The summed E-state index contributed by atoms with van der Waals surface area (Å²) in [5.74, 6) is -0.696. The molecule has 0 amide bonds. The summed E-state index contributed by atoms with van der Waals surface area (Å²) >= 11 is 7.20. The highest BCUT2D eigenvalue weighted by Crippen LogP contribution is 2.30. The Hall–Kier alpha value is -1.96. The van der Waals surface area contributed by atoms with Gasteiger partial charge < -0.3 is 5.11 Å². The van der Waals surface area contributed by atoms with Crippen LogP contribution in [0.1, 0.15) is 12.6 Å². The van der Waals surface area contributed by atoms with Crippen molar-refractivity contribution in [3.8, 4) is 0 Å². The van der Waals surface area contributed by atoms with Gasteiger partial charge in [-0.1, -0.05) is 29.8 Å². The van der Waals surface area contributed by atoms with Crippen molar-refractivity contribution in [1.82, 2.24) is 3.97 Å². The summed E-state index contributed by atoms with van der Waals surface area (Å²) in [4.78, 5) is 11.2. The number of rotatable bonds is 6. The first-order valence-electron chi connectivity index (χ1n) is 7.75. The number of aliphatic carboxylic acids is 1. The number of benzene rings is 2. The van der Waals surface area contributed by atoms with E-state index in [0.29, 0.717) is 21.6 Å². The minimum absolute atomic E-state index is 0.171. The lowest BCUT2D eigenvalue weighted by molar-refractivity contribution is -0.136. The van der Waals surface area contributed by atoms with Gasteiger partial charge in [-0.3, -0.25) is 4.79 Å². The average molecular weight is 410 g/mol. The predicted molar refractivity (Wildman–Crippen MR) is 104 cm³/mol. The van der Waals surface area contributed by atoms with Crippen LogP contribution >= 0.6 is 23.4 Å². The molecular formula is C18H16ClNO4S2. The Morgan fingerprint density at radius 3 is 2.54 bits per heavy atom. The summed E-state index contributed by atoms with van der Waals surface area (Å²) in [7, 11) is -3.82. The maximum Gasteiger partial charge on any atom is 0.316 e. The highest BCUT2D eigenvalue weighted by molar-refractivity contribution is 7.99. The van der Waals surface area contributed by atoms with E-state index >= 15 is 0 Å². The highest BCUT2D eigenvalue weighted by Gasteiger charge is 2.24. The Morgan fingerprint density at radius 2 is 1.88 bits per heavy atom. The molecule has 3 aromatic rings. The molecule has 0 aliphatic heterocycles. The van der Waals surface area contributed by atoms with Crippen molar-refractivity contribution in [3.63, 3.8) is 0 Å². The molecule has 136 valence electrons. The molecule has 26 heavy (non-hydrogen) atoms. The maximum absolute atomic E-state index is 13.2. The first kappa shape index (κ1) is 18.8. The number of nitrogens with zero attached hydrogens (tertiary/aromatic N) is 1. The van der Waals surface area contributed by atoms with E-state index < -0.39 is 21.2 Å². The Morgan fingerprint density at radius 1 is 1.19 bits per heavy atom. The van der Waals surface area contributed by atoms with Crippen LogP contribution in [0.15, 0.2) is 59.5 Å². The zero-order valence-corrected chi connectivity index (χ0v) is 16.2. The first-order chi connectivity index (χ1) is 12.3. The minimum atomic E-state index is -3.82. The lowest BCUT2D eigenvalue weighted by Gasteiger charge is -2.13. The van der Waals surface area contributed by atoms with Gasteiger partial charge in [0.25, 0.3) is 10.0 Å². The number of hydrogen-bond donors (Lipinski definition) is 1. The van der Waals surface area contributed by atoms with E-state index in [1.165, 1.54) is 16.1 Å². The summed E-state index contributed by atoms with van der Waals surface area (Å²) in [6.07, 6.45) is 0. The lowest BCUT2D eigenvalue weighted by atomic mass is 10.2. The van der Waals surface area contributed by atoms with Crippen molar-refractivity contribution in [3.05, 3.63) is 65.3 Å². The zero-order chi connectivity index (χ0) is 18.9. The number of hydrogen-bond acceptors (Lipinski definition) is 4. The molecule has 8 heteroatoms. The average Bonchev–Trinajstić information content (AvgIpc) is 2.98. The van der Waals surface area contributed by atoms with Crippen LogP contribution in [0.3, 0.4) is 0 Å². The smallest absolute Gasteiger partial charge is 0.316 e. The molecule has 0 bridgehead atoms. The van der Waals surface area contributed by atoms with Crippen LogP contribution in [-0.4, -0.2) is 28.7 Å². The van der Waals surface area contributed by atoms with E-state index in [2.05, 4.69) is 0 Å². The first-order valence-corrected chi connectivity index (χ1v) is 10.6. The van der Waals surface area contributed by atoms with Crippen molar-refractivity contribution in [1.29, 1.82) is 0 Å². The van der Waals surface area contributed by atoms with E-state index in [9.17, 15) is 13.2 Å². The van der Waals surface area contributed by atoms with Crippen molar-refractivity contribution in [2.45, 2.75) is 22.8 Å². The SMILES string of the molecule is CC(SCc1cc2cc(Cl)ccc2n1S(=O)(=O)c1ccccc1)C(=O)O. The minimum Gasteiger partial charge on any atom is -0.480 e. The Labute approximate surface area is 160 Å². The molecule has 0 radical (unpaired) electrons. The number of fused-ring (bicyclic) bond motifs is 1. The number of carboxylic acids is 1. The Balaban J connectivity index is 2.15. The second kappa shape index (κ2) is 7.34. The number of carbonyl (C=O) groups is 1. The van der Waals surface area contributed by atoms with Gasteiger partial charge >= 0.3 is 5.97 Å². The Kier molecular flexibility index (Phi) is 5.32. The summed E-state index contributed by atoms with van der Waals surface area (Å²) in [6.45, 7) is 1.57. The van der Waals surface area contributed by atoms with Crippen molar-refractivity contribution in [2.75, 3.05) is 0 Å². The van der Waals surface area contributed by atoms with Crippen LogP contribution < -0.4 is 0 Å². The van der Waals surface area contributed by atoms with E-state index in [1.807, 2.05) is 0 Å². The van der Waals surface area contributed by atoms with Crippen molar-refractivity contribution < 1.29 is 18.3 Å². The van der Waals surface area contributed by atoms with E-state index in [0.717, 1.165) is 11.8 Å². The third-order valence-corrected chi connectivity index (χ3v) is 7.08. The second-order valence-corrected chi connectivity index (χ2v) is 9.27. The van der Waals surface area contributed by atoms with Gasteiger partial charge in [-0.15, -0.1) is 11.8 Å². The number of thioether (sulfide) groups is 1. The molecule has 1 unspecified atom stereocenters. The van der Waals surface area contributed by atoms with Crippen LogP contribution in [0.2, 0.25) is 5.02 Å². The molecule has 0 saturated carbocycles. The number of aromatic nitrogens is 1. The van der Waals surface area contributed by atoms with Gasteiger partial charge in [0.15, 0.2) is 0 Å². The monoisotopic (exact) mass is 409 g/mol. The topological polar surface area (TPSA) is 76.4 Å². The second-order valence-electron chi connectivity index (χ2n) is 5.71. The molecule has 5 nitrogen and oxygen atoms in total. The standard InChI is InChI=1S/C18H16ClNO4S2/c1-12(18(21)22)25-11-15-10-13-9-14(19)7-8-17(13)20(15)26(23,24)16-5-3-2-4-6-16/h2-10,12H,11H2,1H3,(H,21,22). The summed E-state index contributed by atoms with van der Waals surface area (Å²) in [6, 6.07) is 14.9. The molecule has 1 heterocycles. The summed E-state index contributed by atoms with van der Waals surface area (Å²) in [5.41, 5.74) is 1.01. The van der Waals surface area contributed by atoms with Crippen LogP contribution in [0.25, 0.3) is 10.9 Å². The molecule has 1 atom stereocenters. The summed E-state index contributed by atoms with van der Waals surface area (Å²) in [5, 5.41) is 9.63. The quantitative estimate of drug-likeness (QED) is 0.659. The summed E-state index contributed by atoms with van der Waals surface area (Å²) < 4.78 is 27.7. The molecule has 0 aliphatic rings. The zero-order valence-electron chi connectivity index (χ0n) is 13.8. The Bertz CT molecular complexity index is 1060. The molecule has 3 rings (SSSR count). The molecular weight excluding hydrogens is 394 g/mol. The number of carboxylic acid groups (broad SMARTS) is 1. The fourth-order valence-electron chi connectivity index (χ4n) is 2.58. The van der Waals surface area contributed by atoms with Gasteiger partial charge in [-0.25, -0.2) is 12.4 Å². The predicted octanol–water partition coefficient (Wildman–Crippen LogP) is 4.24. The van der Waals surface area contributed by atoms with Gasteiger partial charge in [0, 0.05) is 21.9 Å². The molecule has 2 aromatic carbocycles. The van der Waals surface area contributed by atoms with Gasteiger partial charge in [-0.2, -0.15) is 0 Å². The number of halogens is 1. The molecule has 0 saturated heterocycles. The normalized spacial score (nSPS) is 13.0. The van der Waals surface area contributed by atoms with E-state index in [1.54, 1.807) is 49.4 Å². The fourth-order valence-corrected chi connectivity index (χ4v) is 5.18. The van der Waals surface area contributed by atoms with Crippen LogP contribution in [0.4, 0.5) is 0 Å². The molecule has 0 aliphatic carbocycles. The van der Waals surface area contributed by atoms with E-state index in [4.69, 9.17) is 16.7 Å². The van der Waals surface area contributed by atoms with Crippen LogP contribution in [-0.2, 0) is 20.6 Å². The van der Waals surface area contributed by atoms with Crippen LogP contribution in [0.5, 0.6) is 0 Å². The highest BCUT2D eigenvalue weighted by atomic mass is 35.5. The van der Waals surface area contributed by atoms with Crippen LogP contribution in [0, 0.1) is 0 Å². The van der Waals surface area contributed by atoms with Gasteiger partial charge in [0.2, 0.25) is 0 Å². The largest absolute Gasteiger partial charge is 0.480 e. The van der Waals surface area contributed by atoms with Crippen molar-refractivity contribution in [2.24, 2.45) is 0 Å². The third-order valence-electron chi connectivity index (χ3n) is 3.90. The molecule has 0 fully saturated rings. The molecule has 1 aromatic heterocycles. The molecule has 1 N–H and O–H groups in total. The van der Waals surface area contributed by atoms with E-state index in [-0.39, 0.29) is 10.6 Å². The van der Waals surface area contributed by atoms with Crippen molar-refractivity contribution >= 4 is 50.3 Å². The molecule has 0 spiro atoms. The third kappa shape index (κ3) is 3.60. The maximum atomic E-state index is 13.2. The fraction of sp³-hybridized carbons (Fsp3) is 0.167. The van der Waals surface area contributed by atoms with Gasteiger partial charge in [0.05, 0.1) is 15.7 Å². The van der Waals surface area contributed by atoms with Gasteiger partial charge in [0.1, 0.15) is 0 Å².